The summed E-state index contributed by atoms with van der Waals surface area (Å²) >= 11 is 12.1. The Morgan fingerprint density at radius 1 is 0.929 bits per heavy atom. The van der Waals surface area contributed by atoms with Gasteiger partial charge in [-0.15, -0.1) is 0 Å². The van der Waals surface area contributed by atoms with Gasteiger partial charge in [-0.05, 0) is 55.5 Å². The zero-order valence-corrected chi connectivity index (χ0v) is 16.3. The molecular weight excluding hydrogens is 399 g/mol. The number of benzene rings is 2. The van der Waals surface area contributed by atoms with Gasteiger partial charge in [0.15, 0.2) is 0 Å². The van der Waals surface area contributed by atoms with Crippen molar-refractivity contribution in [3.05, 3.63) is 82.6 Å². The lowest BCUT2D eigenvalue weighted by Gasteiger charge is -2.09. The number of nitrogens with zero attached hydrogens (tertiary/aromatic N) is 2. The highest BCUT2D eigenvalue weighted by Crippen LogP contribution is 2.29. The number of anilines is 1. The molecule has 2 amide bonds. The monoisotopic (exact) mass is 414 g/mol. The van der Waals surface area contributed by atoms with Crippen LogP contribution in [0.15, 0.2) is 72.1 Å². The largest absolute Gasteiger partial charge is 0.324 e. The molecule has 142 valence electrons. The van der Waals surface area contributed by atoms with Crippen molar-refractivity contribution in [3.63, 3.8) is 0 Å². The Kier molecular flexibility index (Phi) is 6.13. The Morgan fingerprint density at radius 3 is 2.14 bits per heavy atom. The van der Waals surface area contributed by atoms with Crippen LogP contribution >= 0.6 is 23.2 Å². The van der Waals surface area contributed by atoms with E-state index in [2.05, 4.69) is 15.8 Å². The first-order valence-corrected chi connectivity index (χ1v) is 9.04. The Labute approximate surface area is 171 Å². The number of hydrogen-bond acceptors (Lipinski definition) is 3. The molecule has 8 heteroatoms. The Hall–Kier alpha value is -3.09. The average Bonchev–Trinajstić information content (AvgIpc) is 3.23. The number of amides is 2. The molecule has 0 fully saturated rings. The molecule has 0 aliphatic heterocycles. The van der Waals surface area contributed by atoms with E-state index in [-0.39, 0.29) is 11.4 Å². The van der Waals surface area contributed by atoms with Gasteiger partial charge >= 0.3 is 0 Å². The smallest absolute Gasteiger partial charge is 0.271 e. The van der Waals surface area contributed by atoms with Gasteiger partial charge < -0.3 is 9.88 Å². The molecular formula is C20H16Cl2N4O2. The number of rotatable bonds is 5. The first kappa shape index (κ1) is 19.7. The van der Waals surface area contributed by atoms with Gasteiger partial charge in [-0.1, -0.05) is 29.3 Å². The topological polar surface area (TPSA) is 75.5 Å². The zero-order valence-electron chi connectivity index (χ0n) is 14.8. The van der Waals surface area contributed by atoms with Crippen LogP contribution in [0.2, 0.25) is 10.0 Å². The normalized spacial score (nSPS) is 11.2. The molecule has 0 saturated heterocycles. The molecule has 0 saturated carbocycles. The van der Waals surface area contributed by atoms with Crippen molar-refractivity contribution < 1.29 is 9.59 Å². The minimum atomic E-state index is -0.529. The average molecular weight is 415 g/mol. The molecule has 6 nitrogen and oxygen atoms in total. The molecule has 0 spiro atoms. The molecule has 3 aromatic rings. The first-order chi connectivity index (χ1) is 13.5. The predicted molar refractivity (Wildman–Crippen MR) is 111 cm³/mol. The van der Waals surface area contributed by atoms with Crippen LogP contribution in [0.4, 0.5) is 5.69 Å². The van der Waals surface area contributed by atoms with Gasteiger partial charge in [0.25, 0.3) is 11.8 Å². The number of para-hydroxylation sites is 1. The van der Waals surface area contributed by atoms with E-state index in [0.29, 0.717) is 15.6 Å². The summed E-state index contributed by atoms with van der Waals surface area (Å²) in [6, 6.07) is 15.7. The van der Waals surface area contributed by atoms with E-state index in [4.69, 9.17) is 23.2 Å². The van der Waals surface area contributed by atoms with Crippen LogP contribution in [0.1, 0.15) is 17.3 Å². The molecule has 0 unspecified atom stereocenters. The summed E-state index contributed by atoms with van der Waals surface area (Å²) in [7, 11) is 0. The highest BCUT2D eigenvalue weighted by Gasteiger charge is 2.13. The highest BCUT2D eigenvalue weighted by molar-refractivity contribution is 6.45. The maximum Gasteiger partial charge on any atom is 0.271 e. The van der Waals surface area contributed by atoms with Crippen LogP contribution in [0.3, 0.4) is 0 Å². The Bertz CT molecular complexity index is 1010. The number of hydrazone groups is 1. The van der Waals surface area contributed by atoms with Gasteiger partial charge in [0.1, 0.15) is 5.71 Å². The van der Waals surface area contributed by atoms with E-state index >= 15 is 0 Å². The quantitative estimate of drug-likeness (QED) is 0.475. The van der Waals surface area contributed by atoms with Gasteiger partial charge in [-0.25, -0.2) is 5.43 Å². The van der Waals surface area contributed by atoms with E-state index in [9.17, 15) is 9.59 Å². The van der Waals surface area contributed by atoms with Gasteiger partial charge in [-0.2, -0.15) is 5.10 Å². The van der Waals surface area contributed by atoms with E-state index in [1.807, 2.05) is 41.2 Å². The maximum absolute atomic E-state index is 12.2. The number of aromatic nitrogens is 1. The number of nitrogens with one attached hydrogen (secondary N) is 2. The van der Waals surface area contributed by atoms with Crippen molar-refractivity contribution in [2.75, 3.05) is 5.32 Å². The van der Waals surface area contributed by atoms with Gasteiger partial charge in [0.05, 0.1) is 15.7 Å². The van der Waals surface area contributed by atoms with Crippen molar-refractivity contribution in [1.82, 2.24) is 9.99 Å². The van der Waals surface area contributed by atoms with Crippen LogP contribution in [0.5, 0.6) is 0 Å². The van der Waals surface area contributed by atoms with Crippen molar-refractivity contribution in [2.45, 2.75) is 6.92 Å². The Morgan fingerprint density at radius 2 is 1.54 bits per heavy atom. The third-order valence-electron chi connectivity index (χ3n) is 3.89. The van der Waals surface area contributed by atoms with Crippen LogP contribution in [0.25, 0.3) is 5.69 Å². The molecule has 2 N–H and O–H groups in total. The van der Waals surface area contributed by atoms with E-state index in [1.165, 1.54) is 6.92 Å². The van der Waals surface area contributed by atoms with Crippen molar-refractivity contribution in [3.8, 4) is 5.69 Å². The maximum atomic E-state index is 12.2. The second-order valence-electron chi connectivity index (χ2n) is 5.83. The number of hydrogen-bond donors (Lipinski definition) is 2. The molecule has 0 bridgehead atoms. The van der Waals surface area contributed by atoms with Crippen LogP contribution < -0.4 is 10.7 Å². The number of carbonyl (C=O) groups is 2. The molecule has 3 rings (SSSR count). The molecule has 1 heterocycles. The van der Waals surface area contributed by atoms with Crippen LogP contribution in [0, 0.1) is 0 Å². The minimum Gasteiger partial charge on any atom is -0.324 e. The zero-order chi connectivity index (χ0) is 20.1. The highest BCUT2D eigenvalue weighted by atomic mass is 35.5. The number of halogens is 2. The van der Waals surface area contributed by atoms with Crippen molar-refractivity contribution in [2.24, 2.45) is 5.10 Å². The summed E-state index contributed by atoms with van der Waals surface area (Å²) in [6.45, 7) is 1.47. The van der Waals surface area contributed by atoms with Gasteiger partial charge in [0.2, 0.25) is 0 Å². The molecule has 0 aliphatic rings. The lowest BCUT2D eigenvalue weighted by atomic mass is 10.2. The standard InChI is InChI=1S/C20H16Cl2N4O2/c1-13(19(27)23-18-16(21)5-4-6-17(18)22)24-25-20(28)14-7-9-15(10-8-14)26-11-2-3-12-26/h2-12H,1H3,(H,23,27)(H,25,28)/b24-13+. The summed E-state index contributed by atoms with van der Waals surface area (Å²) in [5.74, 6) is -0.958. The fourth-order valence-electron chi connectivity index (χ4n) is 2.36. The van der Waals surface area contributed by atoms with Crippen molar-refractivity contribution >= 4 is 46.4 Å². The summed E-state index contributed by atoms with van der Waals surface area (Å²) in [6.07, 6.45) is 3.82. The SMILES string of the molecule is C/C(=N\NC(=O)c1ccc(-n2cccc2)cc1)C(=O)Nc1c(Cl)cccc1Cl. The molecule has 0 atom stereocenters. The van der Waals surface area contributed by atoms with E-state index < -0.39 is 11.8 Å². The lowest BCUT2D eigenvalue weighted by molar-refractivity contribution is -0.110. The third-order valence-corrected chi connectivity index (χ3v) is 4.52. The molecule has 0 aliphatic carbocycles. The summed E-state index contributed by atoms with van der Waals surface area (Å²) in [5, 5.41) is 7.03. The second-order valence-corrected chi connectivity index (χ2v) is 6.64. The third kappa shape index (κ3) is 4.60. The Balaban J connectivity index is 1.63. The van der Waals surface area contributed by atoms with Crippen molar-refractivity contribution in [1.29, 1.82) is 0 Å². The second kappa shape index (κ2) is 8.73. The van der Waals surface area contributed by atoms with Crippen LogP contribution in [-0.2, 0) is 4.79 Å². The van der Waals surface area contributed by atoms with Gasteiger partial charge in [-0.3, -0.25) is 9.59 Å². The molecule has 28 heavy (non-hydrogen) atoms. The fourth-order valence-corrected chi connectivity index (χ4v) is 2.85. The van der Waals surface area contributed by atoms with Gasteiger partial charge in [0, 0.05) is 23.6 Å². The lowest BCUT2D eigenvalue weighted by Crippen LogP contribution is -2.26. The summed E-state index contributed by atoms with van der Waals surface area (Å²) in [4.78, 5) is 24.5. The molecule has 1 aromatic heterocycles. The van der Waals surface area contributed by atoms with E-state index in [0.717, 1.165) is 5.69 Å². The molecule has 0 radical (unpaired) electrons. The van der Waals surface area contributed by atoms with Crippen LogP contribution in [-0.4, -0.2) is 22.1 Å². The summed E-state index contributed by atoms with van der Waals surface area (Å²) in [5.41, 5.74) is 4.05. The molecule has 2 aromatic carbocycles. The fraction of sp³-hybridized carbons (Fsp3) is 0.0500. The predicted octanol–water partition coefficient (Wildman–Crippen LogP) is 4.53. The first-order valence-electron chi connectivity index (χ1n) is 8.29. The minimum absolute atomic E-state index is 0.0493. The van der Waals surface area contributed by atoms with E-state index in [1.54, 1.807) is 30.3 Å². The number of carbonyl (C=O) groups excluding carboxylic acids is 2. The summed E-state index contributed by atoms with van der Waals surface area (Å²) < 4.78 is 1.92.